The van der Waals surface area contributed by atoms with E-state index in [2.05, 4.69) is 56.6 Å². The van der Waals surface area contributed by atoms with E-state index in [1.807, 2.05) is 0 Å². The molecule has 0 amide bonds. The Balaban J connectivity index is 3.36. The summed E-state index contributed by atoms with van der Waals surface area (Å²) < 4.78 is 0. The molecular weight excluding hydrogens is 216 g/mol. The lowest BCUT2D eigenvalue weighted by Crippen LogP contribution is -2.29. The fourth-order valence-electron chi connectivity index (χ4n) is 1.51. The number of nitrogens with one attached hydrogen (secondary N) is 1. The molecule has 0 aromatic carbocycles. The molecule has 3 heteroatoms. The number of thioether (sulfide) groups is 1. The van der Waals surface area contributed by atoms with Crippen molar-refractivity contribution < 1.29 is 0 Å². The highest BCUT2D eigenvalue weighted by Gasteiger charge is 2.04. The zero-order valence-electron chi connectivity index (χ0n) is 11.8. The quantitative estimate of drug-likeness (QED) is 0.597. The van der Waals surface area contributed by atoms with Crippen molar-refractivity contribution in [2.45, 2.75) is 40.7 Å². The zero-order chi connectivity index (χ0) is 12.4. The van der Waals surface area contributed by atoms with Crippen LogP contribution in [0.25, 0.3) is 0 Å². The predicted octanol–water partition coefficient (Wildman–Crippen LogP) is 2.70. The molecule has 0 rings (SSSR count). The minimum absolute atomic E-state index is 0.614. The normalized spacial score (nSPS) is 13.7. The summed E-state index contributed by atoms with van der Waals surface area (Å²) in [4.78, 5) is 2.49. The molecule has 0 bridgehead atoms. The van der Waals surface area contributed by atoms with Gasteiger partial charge < -0.3 is 10.2 Å². The predicted molar refractivity (Wildman–Crippen MR) is 77.4 cm³/mol. The summed E-state index contributed by atoms with van der Waals surface area (Å²) in [5, 5.41) is 3.49. The Bertz CT molecular complexity index is 147. The molecule has 0 aliphatic carbocycles. The van der Waals surface area contributed by atoms with Gasteiger partial charge in [0.2, 0.25) is 0 Å². The maximum atomic E-state index is 3.49. The molecule has 0 spiro atoms. The van der Waals surface area contributed by atoms with E-state index < -0.39 is 0 Å². The summed E-state index contributed by atoms with van der Waals surface area (Å²) in [6.07, 6.45) is 0. The molecule has 2 nitrogen and oxygen atoms in total. The van der Waals surface area contributed by atoms with Crippen LogP contribution in [0.15, 0.2) is 0 Å². The van der Waals surface area contributed by atoms with E-state index >= 15 is 0 Å². The first-order valence-electron chi connectivity index (χ1n) is 6.63. The second-order valence-corrected chi connectivity index (χ2v) is 5.92. The van der Waals surface area contributed by atoms with Crippen molar-refractivity contribution in [3.05, 3.63) is 0 Å². The lowest BCUT2D eigenvalue weighted by Gasteiger charge is -2.18. The lowest BCUT2D eigenvalue weighted by atomic mass is 10.2. The maximum absolute atomic E-state index is 3.49. The second-order valence-electron chi connectivity index (χ2n) is 4.77. The SMILES string of the molecule is CCN(CC)CCSCC(C)CNC(C)C. The van der Waals surface area contributed by atoms with E-state index in [0.29, 0.717) is 6.04 Å². The molecular formula is C13H30N2S. The summed E-state index contributed by atoms with van der Waals surface area (Å²) in [6.45, 7) is 16.0. The molecule has 0 saturated carbocycles. The molecule has 98 valence electrons. The van der Waals surface area contributed by atoms with Crippen LogP contribution < -0.4 is 5.32 Å². The van der Waals surface area contributed by atoms with Crippen molar-refractivity contribution in [2.24, 2.45) is 5.92 Å². The highest BCUT2D eigenvalue weighted by Crippen LogP contribution is 2.08. The monoisotopic (exact) mass is 246 g/mol. The Morgan fingerprint density at radius 1 is 1.12 bits per heavy atom. The first kappa shape index (κ1) is 16.3. The van der Waals surface area contributed by atoms with Crippen LogP contribution in [0.3, 0.4) is 0 Å². The van der Waals surface area contributed by atoms with Crippen LogP contribution in [0.4, 0.5) is 0 Å². The minimum atomic E-state index is 0.614. The molecule has 16 heavy (non-hydrogen) atoms. The van der Waals surface area contributed by atoms with Gasteiger partial charge in [-0.15, -0.1) is 0 Å². The molecule has 0 aliphatic rings. The number of hydrogen-bond donors (Lipinski definition) is 1. The van der Waals surface area contributed by atoms with Crippen molar-refractivity contribution >= 4 is 11.8 Å². The van der Waals surface area contributed by atoms with Crippen molar-refractivity contribution in [1.29, 1.82) is 0 Å². The summed E-state index contributed by atoms with van der Waals surface area (Å²) in [5.74, 6) is 3.33. The van der Waals surface area contributed by atoms with Gasteiger partial charge in [-0.1, -0.05) is 34.6 Å². The molecule has 0 radical (unpaired) electrons. The third-order valence-corrected chi connectivity index (χ3v) is 4.00. The van der Waals surface area contributed by atoms with Crippen LogP contribution in [-0.2, 0) is 0 Å². The Labute approximate surface area is 107 Å². The lowest BCUT2D eigenvalue weighted by molar-refractivity contribution is 0.324. The van der Waals surface area contributed by atoms with Gasteiger partial charge in [-0.05, 0) is 31.3 Å². The Kier molecular flexibility index (Phi) is 10.6. The molecule has 1 atom stereocenters. The van der Waals surface area contributed by atoms with Gasteiger partial charge in [0, 0.05) is 18.3 Å². The van der Waals surface area contributed by atoms with Gasteiger partial charge in [-0.3, -0.25) is 0 Å². The van der Waals surface area contributed by atoms with Crippen LogP contribution in [0.2, 0.25) is 0 Å². The van der Waals surface area contributed by atoms with Crippen molar-refractivity contribution in [1.82, 2.24) is 10.2 Å². The van der Waals surface area contributed by atoms with Crippen molar-refractivity contribution in [3.63, 3.8) is 0 Å². The largest absolute Gasteiger partial charge is 0.314 e. The van der Waals surface area contributed by atoms with E-state index in [1.165, 1.54) is 31.1 Å². The van der Waals surface area contributed by atoms with E-state index in [9.17, 15) is 0 Å². The van der Waals surface area contributed by atoms with Crippen LogP contribution in [0.1, 0.15) is 34.6 Å². The number of hydrogen-bond acceptors (Lipinski definition) is 3. The zero-order valence-corrected chi connectivity index (χ0v) is 12.6. The highest BCUT2D eigenvalue weighted by molar-refractivity contribution is 7.99. The first-order chi connectivity index (χ1) is 7.60. The molecule has 0 aliphatic heterocycles. The number of nitrogens with zero attached hydrogens (tertiary/aromatic N) is 1. The standard InChI is InChI=1S/C13H30N2S/c1-6-15(7-2)8-9-16-11-13(5)10-14-12(3)4/h12-14H,6-11H2,1-5H3. The molecule has 1 unspecified atom stereocenters. The topological polar surface area (TPSA) is 15.3 Å². The van der Waals surface area contributed by atoms with Crippen molar-refractivity contribution in [2.75, 3.05) is 37.7 Å². The molecule has 0 fully saturated rings. The van der Waals surface area contributed by atoms with Crippen LogP contribution in [-0.4, -0.2) is 48.6 Å². The van der Waals surface area contributed by atoms with Gasteiger partial charge in [0.25, 0.3) is 0 Å². The Morgan fingerprint density at radius 2 is 1.75 bits per heavy atom. The Hall–Kier alpha value is 0.270. The average molecular weight is 246 g/mol. The summed E-state index contributed by atoms with van der Waals surface area (Å²) >= 11 is 2.09. The molecule has 0 heterocycles. The van der Waals surface area contributed by atoms with E-state index in [1.54, 1.807) is 0 Å². The fraction of sp³-hybridized carbons (Fsp3) is 1.00. The van der Waals surface area contributed by atoms with Gasteiger partial charge >= 0.3 is 0 Å². The van der Waals surface area contributed by atoms with Crippen LogP contribution in [0.5, 0.6) is 0 Å². The van der Waals surface area contributed by atoms with E-state index in [-0.39, 0.29) is 0 Å². The minimum Gasteiger partial charge on any atom is -0.314 e. The van der Waals surface area contributed by atoms with Gasteiger partial charge in [0.15, 0.2) is 0 Å². The Morgan fingerprint density at radius 3 is 2.25 bits per heavy atom. The molecule has 0 aromatic heterocycles. The second kappa shape index (κ2) is 10.4. The number of rotatable bonds is 10. The molecule has 1 N–H and O–H groups in total. The maximum Gasteiger partial charge on any atom is 0.00721 e. The van der Waals surface area contributed by atoms with Gasteiger partial charge in [-0.25, -0.2) is 0 Å². The molecule has 0 aromatic rings. The van der Waals surface area contributed by atoms with Crippen LogP contribution >= 0.6 is 11.8 Å². The van der Waals surface area contributed by atoms with Gasteiger partial charge in [-0.2, -0.15) is 11.8 Å². The van der Waals surface area contributed by atoms with E-state index in [0.717, 1.165) is 12.5 Å². The van der Waals surface area contributed by atoms with Crippen molar-refractivity contribution in [3.8, 4) is 0 Å². The smallest absolute Gasteiger partial charge is 0.00721 e. The highest BCUT2D eigenvalue weighted by atomic mass is 32.2. The fourth-order valence-corrected chi connectivity index (χ4v) is 2.59. The summed E-state index contributed by atoms with van der Waals surface area (Å²) in [5.41, 5.74) is 0. The van der Waals surface area contributed by atoms with Gasteiger partial charge in [0.05, 0.1) is 0 Å². The molecule has 0 saturated heterocycles. The summed E-state index contributed by atoms with van der Waals surface area (Å²) in [7, 11) is 0. The van der Waals surface area contributed by atoms with Crippen LogP contribution in [0, 0.1) is 5.92 Å². The third-order valence-electron chi connectivity index (χ3n) is 2.72. The average Bonchev–Trinajstić information content (AvgIpc) is 2.26. The summed E-state index contributed by atoms with van der Waals surface area (Å²) in [6, 6.07) is 0.614. The third kappa shape index (κ3) is 9.49. The van der Waals surface area contributed by atoms with Gasteiger partial charge in [0.1, 0.15) is 0 Å². The van der Waals surface area contributed by atoms with E-state index in [4.69, 9.17) is 0 Å². The first-order valence-corrected chi connectivity index (χ1v) is 7.79.